The predicted molar refractivity (Wildman–Crippen MR) is 147 cm³/mol. The van der Waals surface area contributed by atoms with E-state index in [0.29, 0.717) is 35.3 Å². The quantitative estimate of drug-likeness (QED) is 0.359. The lowest BCUT2D eigenvalue weighted by Crippen LogP contribution is -2.44. The van der Waals surface area contributed by atoms with E-state index in [9.17, 15) is 23.9 Å². The predicted octanol–water partition coefficient (Wildman–Crippen LogP) is 4.70. The molecule has 1 aromatic carbocycles. The van der Waals surface area contributed by atoms with Gasteiger partial charge in [0, 0.05) is 29.5 Å². The molecule has 0 bridgehead atoms. The molecule has 6 rings (SSSR count). The van der Waals surface area contributed by atoms with Gasteiger partial charge in [-0.2, -0.15) is 0 Å². The van der Waals surface area contributed by atoms with Gasteiger partial charge in [-0.1, -0.05) is 34.6 Å². The number of carbonyl (C=O) groups is 2. The zero-order chi connectivity index (χ0) is 28.8. The molecule has 3 aliphatic rings. The number of esters is 1. The molecule has 2 N–H and O–H groups in total. The maximum Gasteiger partial charge on any atom is 0.343 e. The zero-order valence-corrected chi connectivity index (χ0v) is 23.6. The third-order valence-electron chi connectivity index (χ3n) is 7.76. The molecule has 2 aliphatic heterocycles. The van der Waals surface area contributed by atoms with E-state index in [0.717, 1.165) is 22.1 Å². The van der Waals surface area contributed by atoms with Crippen LogP contribution in [0.1, 0.15) is 93.8 Å². The van der Waals surface area contributed by atoms with Crippen molar-refractivity contribution in [3.8, 4) is 11.4 Å². The summed E-state index contributed by atoms with van der Waals surface area (Å²) in [5.41, 5.74) is 2.66. The average Bonchev–Trinajstić information content (AvgIpc) is 3.31. The van der Waals surface area contributed by atoms with E-state index in [4.69, 9.17) is 9.72 Å². The van der Waals surface area contributed by atoms with E-state index in [-0.39, 0.29) is 54.0 Å². The number of aryl methyl sites for hydroxylation is 1. The summed E-state index contributed by atoms with van der Waals surface area (Å²) in [6.45, 7) is 12.9. The summed E-state index contributed by atoms with van der Waals surface area (Å²) in [5.74, 6) is -1.32. The first-order valence-corrected chi connectivity index (χ1v) is 13.7. The minimum Gasteiger partial charge on any atom is -0.458 e. The minimum absolute atomic E-state index is 0.0451. The number of fused-ring (bicyclic) bond motifs is 5. The molecule has 1 amide bonds. The lowest BCUT2D eigenvalue weighted by atomic mass is 9.81. The molecule has 0 fully saturated rings. The fraction of sp³-hybridized carbons (Fsp3) is 0.467. The van der Waals surface area contributed by atoms with Gasteiger partial charge >= 0.3 is 5.97 Å². The number of rotatable bonds is 2. The molecule has 8 nitrogen and oxygen atoms in total. The summed E-state index contributed by atoms with van der Waals surface area (Å²) in [7, 11) is 0. The van der Waals surface area contributed by atoms with Gasteiger partial charge in [0.15, 0.2) is 5.60 Å². The molecule has 0 spiro atoms. The highest BCUT2D eigenvalue weighted by atomic mass is 19.1. The van der Waals surface area contributed by atoms with Crippen LogP contribution in [0.15, 0.2) is 16.9 Å². The fourth-order valence-corrected chi connectivity index (χ4v) is 5.94. The van der Waals surface area contributed by atoms with Gasteiger partial charge < -0.3 is 19.7 Å². The molecule has 3 aromatic rings. The van der Waals surface area contributed by atoms with Crippen molar-refractivity contribution in [3.05, 3.63) is 61.7 Å². The third kappa shape index (κ3) is 4.14. The number of amides is 1. The first-order valence-electron chi connectivity index (χ1n) is 13.7. The molecular formula is C30H36FN3O5. The Bertz CT molecular complexity index is 1560. The van der Waals surface area contributed by atoms with Crippen LogP contribution >= 0.6 is 0 Å². The highest BCUT2D eigenvalue weighted by Crippen LogP contribution is 2.45. The highest BCUT2D eigenvalue weighted by molar-refractivity contribution is 5.93. The Morgan fingerprint density at radius 1 is 1.21 bits per heavy atom. The maximum absolute atomic E-state index is 14.8. The Morgan fingerprint density at radius 3 is 2.54 bits per heavy atom. The van der Waals surface area contributed by atoms with Crippen LogP contribution in [0, 0.1) is 12.7 Å². The van der Waals surface area contributed by atoms with Gasteiger partial charge in [0.05, 0.1) is 35.1 Å². The molecule has 0 saturated carbocycles. The summed E-state index contributed by atoms with van der Waals surface area (Å²) >= 11 is 0. The number of hydrogen-bond donors (Lipinski definition) is 2. The Kier molecular flexibility index (Phi) is 7.67. The second-order valence-electron chi connectivity index (χ2n) is 9.60. The number of pyridine rings is 2. The average molecular weight is 538 g/mol. The van der Waals surface area contributed by atoms with Crippen LogP contribution in [0.3, 0.4) is 0 Å². The maximum atomic E-state index is 14.8. The van der Waals surface area contributed by atoms with Crippen LogP contribution in [-0.4, -0.2) is 26.5 Å². The number of aliphatic hydroxyl groups is 1. The number of benzene rings is 1. The normalized spacial score (nSPS) is 19.9. The molecule has 2 aromatic heterocycles. The molecule has 2 unspecified atom stereocenters. The van der Waals surface area contributed by atoms with Crippen molar-refractivity contribution < 1.29 is 23.8 Å². The van der Waals surface area contributed by atoms with Crippen molar-refractivity contribution >= 4 is 22.8 Å². The molecule has 0 radical (unpaired) electrons. The third-order valence-corrected chi connectivity index (χ3v) is 7.76. The van der Waals surface area contributed by atoms with E-state index >= 15 is 0 Å². The van der Waals surface area contributed by atoms with Crippen LogP contribution in [0.2, 0.25) is 0 Å². The van der Waals surface area contributed by atoms with Crippen molar-refractivity contribution in [3.63, 3.8) is 0 Å². The topological polar surface area (TPSA) is 111 Å². The van der Waals surface area contributed by atoms with Gasteiger partial charge in [0.2, 0.25) is 5.91 Å². The number of aromatic nitrogens is 2. The smallest absolute Gasteiger partial charge is 0.343 e. The molecule has 4 heterocycles. The minimum atomic E-state index is -1.93. The zero-order valence-electron chi connectivity index (χ0n) is 23.6. The van der Waals surface area contributed by atoms with Crippen molar-refractivity contribution in [2.24, 2.45) is 0 Å². The van der Waals surface area contributed by atoms with E-state index < -0.39 is 11.6 Å². The summed E-state index contributed by atoms with van der Waals surface area (Å²) in [6.07, 6.45) is 1.24. The molecule has 0 saturated heterocycles. The molecule has 39 heavy (non-hydrogen) atoms. The number of nitrogens with one attached hydrogen (secondary N) is 1. The van der Waals surface area contributed by atoms with Gasteiger partial charge in [-0.25, -0.2) is 14.2 Å². The summed E-state index contributed by atoms with van der Waals surface area (Å²) < 4.78 is 21.5. The Labute approximate surface area is 227 Å². The largest absolute Gasteiger partial charge is 0.458 e. The van der Waals surface area contributed by atoms with E-state index in [1.807, 2.05) is 27.7 Å². The second kappa shape index (κ2) is 10.5. The molecule has 1 aliphatic carbocycles. The molecule has 2 atom stereocenters. The Hall–Kier alpha value is -3.59. The van der Waals surface area contributed by atoms with Gasteiger partial charge in [-0.15, -0.1) is 0 Å². The van der Waals surface area contributed by atoms with Crippen LogP contribution < -0.4 is 10.9 Å². The first kappa shape index (κ1) is 28.4. The van der Waals surface area contributed by atoms with Gasteiger partial charge in [0.25, 0.3) is 5.56 Å². The summed E-state index contributed by atoms with van der Waals surface area (Å²) in [5, 5.41) is 14.9. The van der Waals surface area contributed by atoms with Gasteiger partial charge in [-0.3, -0.25) is 9.59 Å². The second-order valence-corrected chi connectivity index (χ2v) is 9.60. The first-order chi connectivity index (χ1) is 18.7. The highest BCUT2D eigenvalue weighted by Gasteiger charge is 2.46. The number of cyclic esters (lactones) is 1. The van der Waals surface area contributed by atoms with Crippen LogP contribution in [0.5, 0.6) is 0 Å². The van der Waals surface area contributed by atoms with Crippen LogP contribution in [0.25, 0.3) is 22.3 Å². The van der Waals surface area contributed by atoms with E-state index in [1.54, 1.807) is 24.5 Å². The SMILES string of the molecule is CC.CC.CCC1(O)C(=O)OCc2c1cc1n(c2=O)Cc2c-1nc1cc(F)c(C)c3c1c2C(NC(C)=O)CC3. The summed E-state index contributed by atoms with van der Waals surface area (Å²) in [4.78, 5) is 42.8. The lowest BCUT2D eigenvalue weighted by molar-refractivity contribution is -0.172. The molecular weight excluding hydrogens is 501 g/mol. The number of nitrogens with zero attached hydrogens (tertiary/aromatic N) is 2. The Morgan fingerprint density at radius 2 is 1.90 bits per heavy atom. The standard InChI is InChI=1S/C26H24FN3O5.2C2H6/c1-4-26(34)16-7-20-23-14(9-30(20)24(32)15(16)10-35-25(26)33)22-18(28-12(3)31)6-5-13-11(2)17(27)8-19(29-23)21(13)22;2*1-2/h7-8,18,34H,4-6,9-10H2,1-3H3,(H,28,31);2*1-2H3. The summed E-state index contributed by atoms with van der Waals surface area (Å²) in [6, 6.07) is 2.73. The van der Waals surface area contributed by atoms with Crippen molar-refractivity contribution in [1.29, 1.82) is 0 Å². The monoisotopic (exact) mass is 537 g/mol. The number of ether oxygens (including phenoxy) is 1. The fourth-order valence-electron chi connectivity index (χ4n) is 5.94. The van der Waals surface area contributed by atoms with Crippen LogP contribution in [-0.2, 0) is 39.5 Å². The van der Waals surface area contributed by atoms with E-state index in [2.05, 4.69) is 5.32 Å². The molecule has 208 valence electrons. The van der Waals surface area contributed by atoms with Crippen LogP contribution in [0.4, 0.5) is 4.39 Å². The van der Waals surface area contributed by atoms with Crippen molar-refractivity contribution in [2.45, 2.75) is 92.5 Å². The van der Waals surface area contributed by atoms with E-state index in [1.165, 1.54) is 13.0 Å². The van der Waals surface area contributed by atoms with Gasteiger partial charge in [0.1, 0.15) is 12.4 Å². The van der Waals surface area contributed by atoms with Crippen molar-refractivity contribution in [2.75, 3.05) is 0 Å². The Balaban J connectivity index is 0.000000845. The number of hydrogen-bond acceptors (Lipinski definition) is 6. The lowest BCUT2D eigenvalue weighted by Gasteiger charge is -2.31. The van der Waals surface area contributed by atoms with Gasteiger partial charge in [-0.05, 0) is 48.9 Å². The van der Waals surface area contributed by atoms with Crippen molar-refractivity contribution in [1.82, 2.24) is 14.9 Å². The molecule has 9 heteroatoms. The number of halogens is 1. The number of carbonyl (C=O) groups excluding carboxylic acids is 2.